The maximum atomic E-state index is 12.4. The Morgan fingerprint density at radius 2 is 1.91 bits per heavy atom. The Morgan fingerprint density at radius 1 is 1.30 bits per heavy atom. The van der Waals surface area contributed by atoms with Gasteiger partial charge < -0.3 is 4.90 Å². The van der Waals surface area contributed by atoms with E-state index in [-0.39, 0.29) is 20.8 Å². The van der Waals surface area contributed by atoms with Gasteiger partial charge in [0.05, 0.1) is 11.1 Å². The lowest BCUT2D eigenvalue weighted by atomic mass is 9.99. The third-order valence-electron chi connectivity index (χ3n) is 3.98. The molecule has 1 N–H and O–H groups in total. The highest BCUT2D eigenvalue weighted by molar-refractivity contribution is 7.89. The SMILES string of the molecule is CC1CCN(C(=O)[C@@H](C)NS(=O)(=O)c2cc(Cl)ccc2Cl)CC1. The Morgan fingerprint density at radius 3 is 2.52 bits per heavy atom. The maximum absolute atomic E-state index is 12.4. The lowest BCUT2D eigenvalue weighted by Crippen LogP contribution is -2.49. The summed E-state index contributed by atoms with van der Waals surface area (Å²) in [5.74, 6) is 0.370. The summed E-state index contributed by atoms with van der Waals surface area (Å²) in [7, 11) is -3.92. The molecule has 1 atom stereocenters. The van der Waals surface area contributed by atoms with Crippen LogP contribution in [0.5, 0.6) is 0 Å². The van der Waals surface area contributed by atoms with Crippen LogP contribution >= 0.6 is 23.2 Å². The van der Waals surface area contributed by atoms with Crippen LogP contribution in [-0.2, 0) is 14.8 Å². The van der Waals surface area contributed by atoms with Crippen LogP contribution in [0.2, 0.25) is 10.0 Å². The van der Waals surface area contributed by atoms with Gasteiger partial charge in [-0.15, -0.1) is 0 Å². The number of carbonyl (C=O) groups excluding carboxylic acids is 1. The fourth-order valence-corrected chi connectivity index (χ4v) is 4.49. The molecule has 1 saturated heterocycles. The van der Waals surface area contributed by atoms with Gasteiger partial charge in [0, 0.05) is 18.1 Å². The molecule has 1 amide bonds. The summed E-state index contributed by atoms with van der Waals surface area (Å²) >= 11 is 11.8. The molecule has 23 heavy (non-hydrogen) atoms. The van der Waals surface area contributed by atoms with E-state index in [0.717, 1.165) is 12.8 Å². The first kappa shape index (κ1) is 18.5. The van der Waals surface area contributed by atoms with Crippen molar-refractivity contribution in [2.75, 3.05) is 13.1 Å². The summed E-state index contributed by atoms with van der Waals surface area (Å²) in [6.07, 6.45) is 1.87. The molecule has 1 aliphatic heterocycles. The molecule has 1 heterocycles. The smallest absolute Gasteiger partial charge is 0.242 e. The van der Waals surface area contributed by atoms with Gasteiger partial charge in [-0.05, 0) is 43.9 Å². The van der Waals surface area contributed by atoms with Crippen molar-refractivity contribution in [2.24, 2.45) is 5.92 Å². The molecule has 1 aliphatic rings. The number of amides is 1. The fourth-order valence-electron chi connectivity index (χ4n) is 2.53. The van der Waals surface area contributed by atoms with E-state index in [1.54, 1.807) is 4.90 Å². The third-order valence-corrected chi connectivity index (χ3v) is 6.24. The average Bonchev–Trinajstić information content (AvgIpc) is 2.49. The number of likely N-dealkylation sites (tertiary alicyclic amines) is 1. The third kappa shape index (κ3) is 4.59. The summed E-state index contributed by atoms with van der Waals surface area (Å²) in [4.78, 5) is 14.0. The van der Waals surface area contributed by atoms with E-state index >= 15 is 0 Å². The molecule has 0 radical (unpaired) electrons. The Bertz CT molecular complexity index is 686. The molecule has 0 spiro atoms. The van der Waals surface area contributed by atoms with E-state index < -0.39 is 16.1 Å². The number of rotatable bonds is 4. The van der Waals surface area contributed by atoms with Crippen molar-refractivity contribution in [1.82, 2.24) is 9.62 Å². The second kappa shape index (κ2) is 7.38. The quantitative estimate of drug-likeness (QED) is 0.875. The molecule has 1 aromatic carbocycles. The molecule has 128 valence electrons. The van der Waals surface area contributed by atoms with Gasteiger partial charge in [0.25, 0.3) is 0 Å². The number of nitrogens with zero attached hydrogens (tertiary/aromatic N) is 1. The van der Waals surface area contributed by atoms with Gasteiger partial charge in [0.2, 0.25) is 15.9 Å². The highest BCUT2D eigenvalue weighted by atomic mass is 35.5. The van der Waals surface area contributed by atoms with E-state index in [4.69, 9.17) is 23.2 Å². The summed E-state index contributed by atoms with van der Waals surface area (Å²) in [6.45, 7) is 5.00. The second-order valence-electron chi connectivity index (χ2n) is 5.93. The Labute approximate surface area is 147 Å². The Hall–Kier alpha value is -0.820. The van der Waals surface area contributed by atoms with Crippen LogP contribution in [0.15, 0.2) is 23.1 Å². The molecule has 0 aliphatic carbocycles. The number of piperidine rings is 1. The van der Waals surface area contributed by atoms with Crippen LogP contribution in [0.3, 0.4) is 0 Å². The molecule has 0 saturated carbocycles. The zero-order chi connectivity index (χ0) is 17.2. The van der Waals surface area contributed by atoms with Gasteiger partial charge in [-0.25, -0.2) is 8.42 Å². The largest absolute Gasteiger partial charge is 0.341 e. The van der Waals surface area contributed by atoms with Gasteiger partial charge in [0.1, 0.15) is 4.90 Å². The average molecular weight is 379 g/mol. The molecule has 1 fully saturated rings. The van der Waals surface area contributed by atoms with Crippen LogP contribution in [0, 0.1) is 5.92 Å². The van der Waals surface area contributed by atoms with Crippen LogP contribution in [-0.4, -0.2) is 38.4 Å². The number of halogens is 2. The topological polar surface area (TPSA) is 66.5 Å². The van der Waals surface area contributed by atoms with Crippen LogP contribution in [0.4, 0.5) is 0 Å². The highest BCUT2D eigenvalue weighted by Crippen LogP contribution is 2.25. The predicted octanol–water partition coefficient (Wildman–Crippen LogP) is 2.92. The second-order valence-corrected chi connectivity index (χ2v) is 8.45. The standard InChI is InChI=1S/C15H20Cl2N2O3S/c1-10-5-7-19(8-6-10)15(20)11(2)18-23(21,22)14-9-12(16)3-4-13(14)17/h3-4,9-11,18H,5-8H2,1-2H3/t11-/m1/s1. The molecule has 0 bridgehead atoms. The zero-order valence-corrected chi connectivity index (χ0v) is 15.4. The van der Waals surface area contributed by atoms with Crippen molar-refractivity contribution in [3.05, 3.63) is 28.2 Å². The van der Waals surface area contributed by atoms with E-state index in [0.29, 0.717) is 19.0 Å². The number of benzene rings is 1. The summed E-state index contributed by atoms with van der Waals surface area (Å²) < 4.78 is 27.2. The van der Waals surface area contributed by atoms with Crippen molar-refractivity contribution in [2.45, 2.75) is 37.6 Å². The molecule has 5 nitrogen and oxygen atoms in total. The molecule has 2 rings (SSSR count). The first-order chi connectivity index (χ1) is 10.7. The summed E-state index contributed by atoms with van der Waals surface area (Å²) in [5, 5.41) is 0.326. The normalized spacial score (nSPS) is 18.0. The first-order valence-electron chi connectivity index (χ1n) is 7.47. The van der Waals surface area contributed by atoms with E-state index in [2.05, 4.69) is 11.6 Å². The van der Waals surface area contributed by atoms with Crippen LogP contribution in [0.25, 0.3) is 0 Å². The van der Waals surface area contributed by atoms with Gasteiger partial charge in [-0.1, -0.05) is 30.1 Å². The zero-order valence-electron chi connectivity index (χ0n) is 13.1. The fraction of sp³-hybridized carbons (Fsp3) is 0.533. The lowest BCUT2D eigenvalue weighted by Gasteiger charge is -2.32. The first-order valence-corrected chi connectivity index (χ1v) is 9.71. The number of carbonyl (C=O) groups is 1. The van der Waals surface area contributed by atoms with E-state index in [1.807, 2.05) is 0 Å². The Kier molecular flexibility index (Phi) is 5.94. The summed E-state index contributed by atoms with van der Waals surface area (Å²) in [5.41, 5.74) is 0. The minimum absolute atomic E-state index is 0.0633. The van der Waals surface area contributed by atoms with Crippen molar-refractivity contribution >= 4 is 39.1 Å². The Balaban J connectivity index is 2.10. The number of hydrogen-bond donors (Lipinski definition) is 1. The highest BCUT2D eigenvalue weighted by Gasteiger charge is 2.29. The van der Waals surface area contributed by atoms with Gasteiger partial charge >= 0.3 is 0 Å². The van der Waals surface area contributed by atoms with Crippen molar-refractivity contribution in [1.29, 1.82) is 0 Å². The maximum Gasteiger partial charge on any atom is 0.242 e. The predicted molar refractivity (Wildman–Crippen MR) is 91.2 cm³/mol. The molecule has 1 aromatic rings. The molecular weight excluding hydrogens is 359 g/mol. The van der Waals surface area contributed by atoms with Crippen molar-refractivity contribution in [3.8, 4) is 0 Å². The van der Waals surface area contributed by atoms with Crippen LogP contribution < -0.4 is 4.72 Å². The van der Waals surface area contributed by atoms with Crippen molar-refractivity contribution < 1.29 is 13.2 Å². The van der Waals surface area contributed by atoms with Crippen LogP contribution in [0.1, 0.15) is 26.7 Å². The minimum atomic E-state index is -3.92. The minimum Gasteiger partial charge on any atom is -0.341 e. The number of nitrogens with one attached hydrogen (secondary N) is 1. The summed E-state index contributed by atoms with van der Waals surface area (Å²) in [6, 6.07) is 3.33. The van der Waals surface area contributed by atoms with Crippen molar-refractivity contribution in [3.63, 3.8) is 0 Å². The molecular formula is C15H20Cl2N2O3S. The molecule has 0 aromatic heterocycles. The van der Waals surface area contributed by atoms with E-state index in [1.165, 1.54) is 25.1 Å². The van der Waals surface area contributed by atoms with Gasteiger partial charge in [-0.3, -0.25) is 4.79 Å². The van der Waals surface area contributed by atoms with Gasteiger partial charge in [0.15, 0.2) is 0 Å². The van der Waals surface area contributed by atoms with E-state index in [9.17, 15) is 13.2 Å². The lowest BCUT2D eigenvalue weighted by molar-refractivity contribution is -0.133. The monoisotopic (exact) mass is 378 g/mol. The van der Waals surface area contributed by atoms with Gasteiger partial charge in [-0.2, -0.15) is 4.72 Å². The molecule has 0 unspecified atom stereocenters. The molecule has 8 heteroatoms. The number of hydrogen-bond acceptors (Lipinski definition) is 3. The number of sulfonamides is 1.